The fourth-order valence-electron chi connectivity index (χ4n) is 5.54. The van der Waals surface area contributed by atoms with E-state index in [1.54, 1.807) is 26.0 Å². The third-order valence-corrected chi connectivity index (χ3v) is 9.27. The summed E-state index contributed by atoms with van der Waals surface area (Å²) in [7, 11) is 0. The number of nitro benzene ring substituents is 1. The van der Waals surface area contributed by atoms with E-state index in [2.05, 4.69) is 20.9 Å². The lowest BCUT2D eigenvalue weighted by Gasteiger charge is -2.24. The Labute approximate surface area is 276 Å². The summed E-state index contributed by atoms with van der Waals surface area (Å²) >= 11 is 4.61. The third-order valence-electron chi connectivity index (χ3n) is 7.70. The Morgan fingerprint density at radius 3 is 2.57 bits per heavy atom. The van der Waals surface area contributed by atoms with Crippen LogP contribution in [0, 0.1) is 17.0 Å². The number of hydrogen-bond donors (Lipinski definition) is 0. The second-order valence-corrected chi connectivity index (χ2v) is 12.6. The highest BCUT2D eigenvalue weighted by Gasteiger charge is 2.33. The van der Waals surface area contributed by atoms with Gasteiger partial charge in [-0.2, -0.15) is 0 Å². The van der Waals surface area contributed by atoms with Crippen LogP contribution in [-0.2, 0) is 16.1 Å². The van der Waals surface area contributed by atoms with Crippen molar-refractivity contribution >= 4 is 55.8 Å². The maximum Gasteiger partial charge on any atom is 0.338 e. The first-order valence-corrected chi connectivity index (χ1v) is 16.1. The van der Waals surface area contributed by atoms with Gasteiger partial charge in [-0.25, -0.2) is 9.79 Å². The summed E-state index contributed by atoms with van der Waals surface area (Å²) in [5, 5.41) is 14.3. The number of hydrogen-bond acceptors (Lipinski definition) is 8. The zero-order chi connectivity index (χ0) is 32.5. The molecule has 1 aromatic heterocycles. The van der Waals surface area contributed by atoms with Gasteiger partial charge >= 0.3 is 11.7 Å². The van der Waals surface area contributed by atoms with E-state index in [1.165, 1.54) is 10.6 Å². The van der Waals surface area contributed by atoms with Gasteiger partial charge in [-0.05, 0) is 76.3 Å². The van der Waals surface area contributed by atoms with Gasteiger partial charge in [-0.1, -0.05) is 83.6 Å². The number of allylic oxidation sites excluding steroid dienone is 1. The van der Waals surface area contributed by atoms with Gasteiger partial charge in [-0.3, -0.25) is 19.5 Å². The van der Waals surface area contributed by atoms with Gasteiger partial charge in [0.2, 0.25) is 5.75 Å². The number of halogens is 1. The fraction of sp³-hybridized carbons (Fsp3) is 0.171. The van der Waals surface area contributed by atoms with Crippen LogP contribution in [0.5, 0.6) is 5.75 Å². The van der Waals surface area contributed by atoms with Crippen LogP contribution in [0.4, 0.5) is 5.69 Å². The minimum atomic E-state index is -0.746. The molecule has 6 rings (SSSR count). The van der Waals surface area contributed by atoms with E-state index in [0.29, 0.717) is 25.1 Å². The number of thiazole rings is 1. The highest BCUT2D eigenvalue weighted by Crippen LogP contribution is 2.38. The predicted molar refractivity (Wildman–Crippen MR) is 181 cm³/mol. The van der Waals surface area contributed by atoms with Crippen LogP contribution in [-0.4, -0.2) is 22.1 Å². The zero-order valence-corrected chi connectivity index (χ0v) is 27.6. The average molecular weight is 699 g/mol. The number of fused-ring (bicyclic) bond motifs is 2. The SMILES string of the molecule is CCOC(=O)C1=C(C)N=c2s/c(=C\c3cc(Br)c(OCc4cccc5ccccc45)c([N+](=O)[O-])c3)c(=O)n2[C@@H]1c1ccc(C)cc1. The van der Waals surface area contributed by atoms with Crippen molar-refractivity contribution in [2.45, 2.75) is 33.4 Å². The molecule has 11 heteroatoms. The summed E-state index contributed by atoms with van der Waals surface area (Å²) in [6.45, 7) is 5.71. The number of aryl methyl sites for hydroxylation is 1. The maximum atomic E-state index is 14.0. The first-order valence-electron chi connectivity index (χ1n) is 14.5. The van der Waals surface area contributed by atoms with Gasteiger partial charge in [0.15, 0.2) is 4.80 Å². The standard InChI is InChI=1S/C35H28BrN3O6S/c1-4-44-34(41)30-21(3)37-35-38(31(30)24-14-12-20(2)13-15-24)33(40)29(46-35)18-22-16-27(36)32(28(17-22)39(42)43)45-19-25-10-7-9-23-8-5-6-11-26(23)25/h5-18,31H,4,19H2,1-3H3/b29-18-/t31-/m1/s1. The minimum absolute atomic E-state index is 0.0885. The second-order valence-electron chi connectivity index (χ2n) is 10.7. The molecule has 0 unspecified atom stereocenters. The van der Waals surface area contributed by atoms with Crippen molar-refractivity contribution in [2.24, 2.45) is 4.99 Å². The number of aromatic nitrogens is 1. The van der Waals surface area contributed by atoms with Gasteiger partial charge in [0.05, 0.1) is 37.8 Å². The smallest absolute Gasteiger partial charge is 0.338 e. The van der Waals surface area contributed by atoms with Crippen molar-refractivity contribution in [1.29, 1.82) is 0 Å². The maximum absolute atomic E-state index is 14.0. The van der Waals surface area contributed by atoms with E-state index in [9.17, 15) is 19.7 Å². The van der Waals surface area contributed by atoms with Crippen molar-refractivity contribution in [3.05, 3.63) is 147 Å². The number of esters is 1. The van der Waals surface area contributed by atoms with Crippen LogP contribution in [0.3, 0.4) is 0 Å². The van der Waals surface area contributed by atoms with Gasteiger partial charge in [0, 0.05) is 6.07 Å². The van der Waals surface area contributed by atoms with E-state index in [-0.39, 0.29) is 35.8 Å². The van der Waals surface area contributed by atoms with Crippen LogP contribution in [0.25, 0.3) is 16.8 Å². The number of carbonyl (C=O) groups excluding carboxylic acids is 1. The summed E-state index contributed by atoms with van der Waals surface area (Å²) in [6.07, 6.45) is 1.59. The largest absolute Gasteiger partial charge is 0.481 e. The molecule has 0 amide bonds. The summed E-state index contributed by atoms with van der Waals surface area (Å²) in [5.74, 6) is -0.451. The van der Waals surface area contributed by atoms with E-state index >= 15 is 0 Å². The molecule has 232 valence electrons. The van der Waals surface area contributed by atoms with Crippen LogP contribution < -0.4 is 19.6 Å². The number of benzene rings is 4. The van der Waals surface area contributed by atoms with Crippen LogP contribution in [0.2, 0.25) is 0 Å². The normalized spacial score (nSPS) is 14.6. The molecule has 0 spiro atoms. The topological polar surface area (TPSA) is 113 Å². The summed E-state index contributed by atoms with van der Waals surface area (Å²) < 4.78 is 13.6. The van der Waals surface area contributed by atoms with Crippen molar-refractivity contribution < 1.29 is 19.2 Å². The number of ether oxygens (including phenoxy) is 2. The summed E-state index contributed by atoms with van der Waals surface area (Å²) in [5.41, 5.74) is 3.22. The Bertz CT molecular complexity index is 2230. The number of rotatable bonds is 8. The summed E-state index contributed by atoms with van der Waals surface area (Å²) in [4.78, 5) is 43.8. The lowest BCUT2D eigenvalue weighted by atomic mass is 9.95. The zero-order valence-electron chi connectivity index (χ0n) is 25.2. The molecule has 9 nitrogen and oxygen atoms in total. The van der Waals surface area contributed by atoms with Gasteiger partial charge in [-0.15, -0.1) is 0 Å². The average Bonchev–Trinajstić information content (AvgIpc) is 3.33. The highest BCUT2D eigenvalue weighted by molar-refractivity contribution is 9.10. The number of carbonyl (C=O) groups is 1. The second kappa shape index (κ2) is 12.9. The van der Waals surface area contributed by atoms with E-state index in [4.69, 9.17) is 9.47 Å². The molecule has 0 radical (unpaired) electrons. The Balaban J connectivity index is 1.42. The quantitative estimate of drug-likeness (QED) is 0.104. The van der Waals surface area contributed by atoms with Gasteiger partial charge < -0.3 is 9.47 Å². The first-order chi connectivity index (χ1) is 22.2. The van der Waals surface area contributed by atoms with E-state index < -0.39 is 16.9 Å². The van der Waals surface area contributed by atoms with Crippen LogP contribution in [0.15, 0.2) is 104 Å². The van der Waals surface area contributed by atoms with Gasteiger partial charge in [0.25, 0.3) is 5.56 Å². The third kappa shape index (κ3) is 5.91. The molecule has 0 fully saturated rings. The molecule has 2 heterocycles. The Kier molecular flexibility index (Phi) is 8.70. The molecule has 4 aromatic carbocycles. The molecule has 0 N–H and O–H groups in total. The predicted octanol–water partition coefficient (Wildman–Crippen LogP) is 6.51. The molecule has 0 saturated carbocycles. The number of nitrogens with zero attached hydrogens (tertiary/aromatic N) is 3. The van der Waals surface area contributed by atoms with Crippen molar-refractivity contribution in [2.75, 3.05) is 6.61 Å². The van der Waals surface area contributed by atoms with Crippen molar-refractivity contribution in [3.8, 4) is 5.75 Å². The molecule has 1 aliphatic heterocycles. The molecule has 46 heavy (non-hydrogen) atoms. The molecule has 5 aromatic rings. The van der Waals surface area contributed by atoms with Crippen LogP contribution in [0.1, 0.15) is 42.1 Å². The molecule has 0 aliphatic carbocycles. The highest BCUT2D eigenvalue weighted by atomic mass is 79.9. The molecule has 1 atom stereocenters. The Morgan fingerprint density at radius 2 is 1.83 bits per heavy atom. The van der Waals surface area contributed by atoms with Crippen LogP contribution >= 0.6 is 27.3 Å². The lowest BCUT2D eigenvalue weighted by Crippen LogP contribution is -2.39. The molecule has 0 saturated heterocycles. The summed E-state index contributed by atoms with van der Waals surface area (Å²) in [6, 6.07) is 23.6. The molecular formula is C35H28BrN3O6S. The van der Waals surface area contributed by atoms with Gasteiger partial charge in [0.1, 0.15) is 6.61 Å². The molecule has 0 bridgehead atoms. The Hall–Kier alpha value is -4.87. The molecule has 1 aliphatic rings. The minimum Gasteiger partial charge on any atom is -0.481 e. The lowest BCUT2D eigenvalue weighted by molar-refractivity contribution is -0.386. The first kappa shape index (κ1) is 31.1. The fourth-order valence-corrected chi connectivity index (χ4v) is 7.16. The van der Waals surface area contributed by atoms with E-state index in [0.717, 1.165) is 38.8 Å². The van der Waals surface area contributed by atoms with Crippen molar-refractivity contribution in [1.82, 2.24) is 4.57 Å². The monoisotopic (exact) mass is 697 g/mol. The van der Waals surface area contributed by atoms with E-state index in [1.807, 2.05) is 73.7 Å². The Morgan fingerprint density at radius 1 is 1.09 bits per heavy atom. The van der Waals surface area contributed by atoms with Crippen molar-refractivity contribution in [3.63, 3.8) is 0 Å². The number of nitro groups is 1. The molecular weight excluding hydrogens is 670 g/mol.